The van der Waals surface area contributed by atoms with Gasteiger partial charge in [0.05, 0.1) is 0 Å². The van der Waals surface area contributed by atoms with Crippen LogP contribution in [0.3, 0.4) is 0 Å². The van der Waals surface area contributed by atoms with E-state index in [1.165, 1.54) is 4.90 Å². The Labute approximate surface area is 95.0 Å². The molecule has 2 rings (SSSR count). The van der Waals surface area contributed by atoms with Crippen LogP contribution in [0.15, 0.2) is 0 Å². The Bertz CT molecular complexity index is 312. The van der Waals surface area contributed by atoms with E-state index in [-0.39, 0.29) is 12.3 Å². The third kappa shape index (κ3) is 1.74. The van der Waals surface area contributed by atoms with Crippen LogP contribution in [0.5, 0.6) is 0 Å². The zero-order valence-corrected chi connectivity index (χ0v) is 9.67. The molecule has 90 valence electrons. The highest BCUT2D eigenvalue weighted by Crippen LogP contribution is 2.35. The molecule has 0 N–H and O–H groups in total. The van der Waals surface area contributed by atoms with Gasteiger partial charge in [0.1, 0.15) is 0 Å². The quantitative estimate of drug-likeness (QED) is 0.673. The van der Waals surface area contributed by atoms with Crippen molar-refractivity contribution in [2.75, 3.05) is 13.6 Å². The molecule has 0 aromatic heterocycles. The number of carbonyl (C=O) groups excluding carboxylic acids is 2. The van der Waals surface area contributed by atoms with Crippen LogP contribution in [0.2, 0.25) is 0 Å². The summed E-state index contributed by atoms with van der Waals surface area (Å²) in [5.41, 5.74) is -2.21. The minimum absolute atomic E-state index is 0.0394. The molecule has 1 amide bonds. The first kappa shape index (κ1) is 11.6. The van der Waals surface area contributed by atoms with Gasteiger partial charge in [-0.15, -0.1) is 0 Å². The van der Waals surface area contributed by atoms with E-state index in [1.54, 1.807) is 7.05 Å². The number of nitrogens with zero attached hydrogens (tertiary/aromatic N) is 1. The molecule has 0 aromatic carbocycles. The lowest BCUT2D eigenvalue weighted by Crippen LogP contribution is -2.45. The first-order valence-corrected chi connectivity index (χ1v) is 6.04. The Balaban J connectivity index is 2.11. The Kier molecular flexibility index (Phi) is 3.00. The molecule has 4 heteroatoms. The molecule has 3 nitrogen and oxygen atoms in total. The first-order chi connectivity index (χ1) is 7.55. The monoisotopic (exact) mass is 227 g/mol. The summed E-state index contributed by atoms with van der Waals surface area (Å²) >= 11 is 0. The van der Waals surface area contributed by atoms with Crippen LogP contribution in [-0.4, -0.2) is 35.9 Å². The van der Waals surface area contributed by atoms with Gasteiger partial charge in [-0.1, -0.05) is 19.3 Å². The highest BCUT2D eigenvalue weighted by molar-refractivity contribution is 6.11. The van der Waals surface area contributed by atoms with Crippen LogP contribution in [0.4, 0.5) is 4.39 Å². The van der Waals surface area contributed by atoms with E-state index in [4.69, 9.17) is 0 Å². The maximum absolute atomic E-state index is 14.4. The molecule has 16 heavy (non-hydrogen) atoms. The van der Waals surface area contributed by atoms with E-state index in [2.05, 4.69) is 0 Å². The predicted molar refractivity (Wildman–Crippen MR) is 57.7 cm³/mol. The molecule has 1 atom stereocenters. The second-order valence-corrected chi connectivity index (χ2v) is 4.98. The van der Waals surface area contributed by atoms with Crippen molar-refractivity contribution in [3.63, 3.8) is 0 Å². The molecule has 1 saturated carbocycles. The Morgan fingerprint density at radius 3 is 2.50 bits per heavy atom. The third-order valence-electron chi connectivity index (χ3n) is 3.84. The molecule has 0 bridgehead atoms. The molecule has 1 aliphatic carbocycles. The second-order valence-electron chi connectivity index (χ2n) is 4.98. The van der Waals surface area contributed by atoms with Gasteiger partial charge < -0.3 is 4.90 Å². The number of ketones is 1. The Morgan fingerprint density at radius 2 is 2.00 bits per heavy atom. The summed E-state index contributed by atoms with van der Waals surface area (Å²) in [5.74, 6) is -1.32. The van der Waals surface area contributed by atoms with E-state index in [0.29, 0.717) is 6.54 Å². The highest BCUT2D eigenvalue weighted by atomic mass is 19.1. The standard InChI is InChI=1S/C12H18FNO2/c1-14-8-7-12(13,11(14)16)10(15)9-5-3-2-4-6-9/h9H,2-8H2,1H3. The summed E-state index contributed by atoms with van der Waals surface area (Å²) in [6, 6.07) is 0. The second kappa shape index (κ2) is 4.15. The maximum atomic E-state index is 14.4. The molecule has 0 aromatic rings. The Hall–Kier alpha value is -0.930. The van der Waals surface area contributed by atoms with Gasteiger partial charge >= 0.3 is 0 Å². The number of carbonyl (C=O) groups is 2. The lowest BCUT2D eigenvalue weighted by Gasteiger charge is -2.25. The number of hydrogen-bond acceptors (Lipinski definition) is 2. The zero-order chi connectivity index (χ0) is 11.8. The fourth-order valence-electron chi connectivity index (χ4n) is 2.75. The zero-order valence-electron chi connectivity index (χ0n) is 9.67. The summed E-state index contributed by atoms with van der Waals surface area (Å²) < 4.78 is 14.4. The minimum Gasteiger partial charge on any atom is -0.342 e. The van der Waals surface area contributed by atoms with Crippen molar-refractivity contribution in [3.05, 3.63) is 0 Å². The first-order valence-electron chi connectivity index (χ1n) is 6.04. The minimum atomic E-state index is -2.21. The van der Waals surface area contributed by atoms with Gasteiger partial charge in [-0.25, -0.2) is 4.39 Å². The number of amides is 1. The van der Waals surface area contributed by atoms with Gasteiger partial charge in [0, 0.05) is 25.9 Å². The topological polar surface area (TPSA) is 37.4 Å². The van der Waals surface area contributed by atoms with Crippen molar-refractivity contribution in [3.8, 4) is 0 Å². The number of Topliss-reactive ketones (excluding diaryl/α,β-unsaturated/α-hetero) is 1. The van der Waals surface area contributed by atoms with E-state index in [0.717, 1.165) is 32.1 Å². The van der Waals surface area contributed by atoms with Crippen molar-refractivity contribution < 1.29 is 14.0 Å². The molecule has 0 spiro atoms. The summed E-state index contributed by atoms with van der Waals surface area (Å²) in [6.07, 6.45) is 4.63. The lowest BCUT2D eigenvalue weighted by atomic mass is 9.80. The van der Waals surface area contributed by atoms with E-state index < -0.39 is 17.4 Å². The van der Waals surface area contributed by atoms with Crippen molar-refractivity contribution in [1.29, 1.82) is 0 Å². The molecule has 0 radical (unpaired) electrons. The Morgan fingerprint density at radius 1 is 1.38 bits per heavy atom. The van der Waals surface area contributed by atoms with Crippen molar-refractivity contribution in [2.24, 2.45) is 5.92 Å². The van der Waals surface area contributed by atoms with Crippen LogP contribution < -0.4 is 0 Å². The number of hydrogen-bond donors (Lipinski definition) is 0. The number of halogens is 1. The largest absolute Gasteiger partial charge is 0.342 e. The fraction of sp³-hybridized carbons (Fsp3) is 0.833. The summed E-state index contributed by atoms with van der Waals surface area (Å²) in [5, 5.41) is 0. The molecular formula is C12H18FNO2. The van der Waals surface area contributed by atoms with E-state index in [9.17, 15) is 14.0 Å². The van der Waals surface area contributed by atoms with Crippen molar-refractivity contribution in [2.45, 2.75) is 44.2 Å². The molecule has 1 aliphatic heterocycles. The summed E-state index contributed by atoms with van der Waals surface area (Å²) in [6.45, 7) is 0.355. The number of alkyl halides is 1. The molecule has 1 unspecified atom stereocenters. The van der Waals surface area contributed by atoms with Gasteiger partial charge in [0.25, 0.3) is 5.91 Å². The van der Waals surface area contributed by atoms with Crippen LogP contribution in [0.1, 0.15) is 38.5 Å². The highest BCUT2D eigenvalue weighted by Gasteiger charge is 2.53. The summed E-state index contributed by atoms with van der Waals surface area (Å²) in [4.78, 5) is 25.0. The van der Waals surface area contributed by atoms with Gasteiger partial charge in [-0.2, -0.15) is 0 Å². The SMILES string of the molecule is CN1CCC(F)(C(=O)C2CCCCC2)C1=O. The maximum Gasteiger partial charge on any atom is 0.267 e. The smallest absolute Gasteiger partial charge is 0.267 e. The van der Waals surface area contributed by atoms with Gasteiger partial charge in [0.15, 0.2) is 5.78 Å². The van der Waals surface area contributed by atoms with Crippen LogP contribution >= 0.6 is 0 Å². The lowest BCUT2D eigenvalue weighted by molar-refractivity contribution is -0.148. The van der Waals surface area contributed by atoms with Crippen molar-refractivity contribution in [1.82, 2.24) is 4.90 Å². The van der Waals surface area contributed by atoms with Crippen LogP contribution in [-0.2, 0) is 9.59 Å². The third-order valence-corrected chi connectivity index (χ3v) is 3.84. The summed E-state index contributed by atoms with van der Waals surface area (Å²) in [7, 11) is 1.55. The van der Waals surface area contributed by atoms with Gasteiger partial charge in [-0.05, 0) is 12.8 Å². The van der Waals surface area contributed by atoms with Crippen LogP contribution in [0.25, 0.3) is 0 Å². The van der Waals surface area contributed by atoms with E-state index in [1.807, 2.05) is 0 Å². The van der Waals surface area contributed by atoms with Gasteiger partial charge in [-0.3, -0.25) is 9.59 Å². The molecule has 1 heterocycles. The van der Waals surface area contributed by atoms with E-state index >= 15 is 0 Å². The van der Waals surface area contributed by atoms with Gasteiger partial charge in [0.2, 0.25) is 5.67 Å². The molecule has 2 fully saturated rings. The molecule has 2 aliphatic rings. The average molecular weight is 227 g/mol. The number of rotatable bonds is 2. The predicted octanol–water partition coefficient (Wildman–Crippen LogP) is 1.71. The number of likely N-dealkylation sites (tertiary alicyclic amines) is 1. The fourth-order valence-corrected chi connectivity index (χ4v) is 2.75. The average Bonchev–Trinajstić information content (AvgIpc) is 2.59. The normalized spacial score (nSPS) is 32.1. The van der Waals surface area contributed by atoms with Crippen molar-refractivity contribution >= 4 is 11.7 Å². The molecular weight excluding hydrogens is 209 g/mol. The van der Waals surface area contributed by atoms with Crippen LogP contribution in [0, 0.1) is 5.92 Å². The molecule has 1 saturated heterocycles.